The summed E-state index contributed by atoms with van der Waals surface area (Å²) < 4.78 is 5.09. The van der Waals surface area contributed by atoms with Gasteiger partial charge >= 0.3 is 0 Å². The highest BCUT2D eigenvalue weighted by atomic mass is 32.2. The number of phenolic OH excluding ortho intramolecular Hbond substituents is 1. The Morgan fingerprint density at radius 2 is 1.82 bits per heavy atom. The Morgan fingerprint density at radius 3 is 2.41 bits per heavy atom. The number of anilines is 1. The SMILES string of the molecule is COc1ccc(Sc2ccc(O)cc2)c(N)c1. The minimum absolute atomic E-state index is 0.261. The second kappa shape index (κ2) is 5.01. The van der Waals surface area contributed by atoms with Crippen molar-refractivity contribution in [2.45, 2.75) is 9.79 Å². The van der Waals surface area contributed by atoms with Crippen LogP contribution in [-0.2, 0) is 0 Å². The predicted octanol–water partition coefficient (Wildman–Crippen LogP) is 3.13. The Morgan fingerprint density at radius 1 is 1.12 bits per heavy atom. The largest absolute Gasteiger partial charge is 0.508 e. The van der Waals surface area contributed by atoms with E-state index in [4.69, 9.17) is 10.5 Å². The zero-order valence-corrected chi connectivity index (χ0v) is 10.2. The van der Waals surface area contributed by atoms with Crippen LogP contribution < -0.4 is 10.5 Å². The van der Waals surface area contributed by atoms with Gasteiger partial charge in [-0.05, 0) is 36.4 Å². The lowest BCUT2D eigenvalue weighted by molar-refractivity contribution is 0.415. The van der Waals surface area contributed by atoms with Crippen LogP contribution in [0, 0.1) is 0 Å². The van der Waals surface area contributed by atoms with Crippen LogP contribution >= 0.6 is 11.8 Å². The molecule has 88 valence electrons. The van der Waals surface area contributed by atoms with E-state index in [1.165, 1.54) is 0 Å². The van der Waals surface area contributed by atoms with Gasteiger partial charge in [-0.15, -0.1) is 0 Å². The number of rotatable bonds is 3. The van der Waals surface area contributed by atoms with Crippen LogP contribution in [0.5, 0.6) is 11.5 Å². The molecule has 0 heterocycles. The summed E-state index contributed by atoms with van der Waals surface area (Å²) in [5.41, 5.74) is 6.61. The smallest absolute Gasteiger partial charge is 0.120 e. The molecule has 0 aliphatic heterocycles. The fraction of sp³-hybridized carbons (Fsp3) is 0.0769. The predicted molar refractivity (Wildman–Crippen MR) is 69.6 cm³/mol. The second-order valence-electron chi connectivity index (χ2n) is 3.50. The van der Waals surface area contributed by atoms with E-state index < -0.39 is 0 Å². The van der Waals surface area contributed by atoms with Crippen molar-refractivity contribution in [3.05, 3.63) is 42.5 Å². The topological polar surface area (TPSA) is 55.5 Å². The molecule has 0 spiro atoms. The molecule has 0 aliphatic carbocycles. The van der Waals surface area contributed by atoms with Gasteiger partial charge in [0.1, 0.15) is 11.5 Å². The standard InChI is InChI=1S/C13H13NO2S/c1-16-10-4-7-13(12(14)8-10)17-11-5-2-9(15)3-6-11/h2-8,15H,14H2,1H3. The van der Waals surface area contributed by atoms with E-state index in [2.05, 4.69) is 0 Å². The third-order valence-corrected chi connectivity index (χ3v) is 3.38. The third-order valence-electron chi connectivity index (χ3n) is 2.28. The number of hydrogen-bond donors (Lipinski definition) is 2. The van der Waals surface area contributed by atoms with Gasteiger partial charge in [-0.2, -0.15) is 0 Å². The molecule has 0 radical (unpaired) electrons. The first-order valence-corrected chi connectivity index (χ1v) is 5.91. The monoisotopic (exact) mass is 247 g/mol. The Hall–Kier alpha value is -1.81. The fourth-order valence-corrected chi connectivity index (χ4v) is 2.23. The molecule has 2 aromatic carbocycles. The Kier molecular flexibility index (Phi) is 3.44. The number of methoxy groups -OCH3 is 1. The number of nitrogen functional groups attached to an aromatic ring is 1. The van der Waals surface area contributed by atoms with E-state index in [0.29, 0.717) is 5.69 Å². The molecule has 4 heteroatoms. The molecule has 0 saturated carbocycles. The van der Waals surface area contributed by atoms with Gasteiger partial charge in [-0.25, -0.2) is 0 Å². The summed E-state index contributed by atoms with van der Waals surface area (Å²) in [6.07, 6.45) is 0. The minimum atomic E-state index is 0.261. The summed E-state index contributed by atoms with van der Waals surface area (Å²) >= 11 is 1.55. The molecule has 0 unspecified atom stereocenters. The second-order valence-corrected chi connectivity index (χ2v) is 4.62. The summed E-state index contributed by atoms with van der Waals surface area (Å²) in [5.74, 6) is 1.01. The van der Waals surface area contributed by atoms with Crippen LogP contribution in [0.15, 0.2) is 52.3 Å². The number of hydrogen-bond acceptors (Lipinski definition) is 4. The maximum atomic E-state index is 9.20. The molecule has 2 rings (SSSR count). The number of nitrogens with two attached hydrogens (primary N) is 1. The van der Waals surface area contributed by atoms with Crippen molar-refractivity contribution < 1.29 is 9.84 Å². The minimum Gasteiger partial charge on any atom is -0.508 e. The molecule has 17 heavy (non-hydrogen) atoms. The number of phenols is 1. The van der Waals surface area contributed by atoms with Crippen LogP contribution in [0.3, 0.4) is 0 Å². The molecular weight excluding hydrogens is 234 g/mol. The molecule has 0 bridgehead atoms. The van der Waals surface area contributed by atoms with Crippen molar-refractivity contribution in [3.63, 3.8) is 0 Å². The van der Waals surface area contributed by atoms with Gasteiger partial charge in [-0.3, -0.25) is 0 Å². The average molecular weight is 247 g/mol. The summed E-state index contributed by atoms with van der Waals surface area (Å²) in [4.78, 5) is 2.00. The van der Waals surface area contributed by atoms with Crippen LogP contribution in [-0.4, -0.2) is 12.2 Å². The van der Waals surface area contributed by atoms with E-state index in [0.717, 1.165) is 15.5 Å². The van der Waals surface area contributed by atoms with Gasteiger partial charge in [0, 0.05) is 21.5 Å². The van der Waals surface area contributed by atoms with Crippen LogP contribution in [0.1, 0.15) is 0 Å². The Balaban J connectivity index is 2.21. The van der Waals surface area contributed by atoms with E-state index in [1.54, 1.807) is 37.1 Å². The molecular formula is C13H13NO2S. The molecule has 0 atom stereocenters. The van der Waals surface area contributed by atoms with Crippen molar-refractivity contribution in [1.29, 1.82) is 0 Å². The molecule has 3 N–H and O–H groups in total. The first-order valence-electron chi connectivity index (χ1n) is 5.09. The zero-order chi connectivity index (χ0) is 12.3. The third kappa shape index (κ3) is 2.85. The highest BCUT2D eigenvalue weighted by Crippen LogP contribution is 2.34. The summed E-state index contributed by atoms with van der Waals surface area (Å²) in [6, 6.07) is 12.6. The number of benzene rings is 2. The maximum absolute atomic E-state index is 9.20. The summed E-state index contributed by atoms with van der Waals surface area (Å²) in [5, 5.41) is 9.20. The summed E-state index contributed by atoms with van der Waals surface area (Å²) in [7, 11) is 1.61. The lowest BCUT2D eigenvalue weighted by Crippen LogP contribution is -1.90. The van der Waals surface area contributed by atoms with Crippen LogP contribution in [0.4, 0.5) is 5.69 Å². The number of aromatic hydroxyl groups is 1. The molecule has 2 aromatic rings. The molecule has 3 nitrogen and oxygen atoms in total. The van der Waals surface area contributed by atoms with Gasteiger partial charge in [0.25, 0.3) is 0 Å². The quantitative estimate of drug-likeness (QED) is 0.818. The summed E-state index contributed by atoms with van der Waals surface area (Å²) in [6.45, 7) is 0. The van der Waals surface area contributed by atoms with Crippen LogP contribution in [0.2, 0.25) is 0 Å². The van der Waals surface area contributed by atoms with Crippen molar-refractivity contribution in [2.75, 3.05) is 12.8 Å². The van der Waals surface area contributed by atoms with Gasteiger partial charge < -0.3 is 15.6 Å². The van der Waals surface area contributed by atoms with Crippen molar-refractivity contribution in [1.82, 2.24) is 0 Å². The van der Waals surface area contributed by atoms with Gasteiger partial charge in [0.2, 0.25) is 0 Å². The van der Waals surface area contributed by atoms with E-state index in [1.807, 2.05) is 24.3 Å². The molecule has 0 fully saturated rings. The highest BCUT2D eigenvalue weighted by molar-refractivity contribution is 7.99. The van der Waals surface area contributed by atoms with E-state index in [-0.39, 0.29) is 5.75 Å². The molecule has 0 aliphatic rings. The van der Waals surface area contributed by atoms with Gasteiger partial charge in [0.15, 0.2) is 0 Å². The molecule has 0 saturated heterocycles. The van der Waals surface area contributed by atoms with Crippen LogP contribution in [0.25, 0.3) is 0 Å². The van der Waals surface area contributed by atoms with E-state index >= 15 is 0 Å². The molecule has 0 amide bonds. The normalized spacial score (nSPS) is 10.2. The van der Waals surface area contributed by atoms with Crippen molar-refractivity contribution >= 4 is 17.4 Å². The first-order chi connectivity index (χ1) is 8.19. The number of ether oxygens (including phenoxy) is 1. The fourth-order valence-electron chi connectivity index (χ4n) is 1.39. The molecule has 0 aromatic heterocycles. The lowest BCUT2D eigenvalue weighted by Gasteiger charge is -2.07. The van der Waals surface area contributed by atoms with Crippen molar-refractivity contribution in [3.8, 4) is 11.5 Å². The zero-order valence-electron chi connectivity index (χ0n) is 9.38. The van der Waals surface area contributed by atoms with Crippen molar-refractivity contribution in [2.24, 2.45) is 0 Å². The highest BCUT2D eigenvalue weighted by Gasteiger charge is 2.03. The Bertz CT molecular complexity index is 511. The average Bonchev–Trinajstić information content (AvgIpc) is 2.34. The Labute approximate surface area is 104 Å². The lowest BCUT2D eigenvalue weighted by atomic mass is 10.3. The van der Waals surface area contributed by atoms with E-state index in [9.17, 15) is 5.11 Å². The first kappa shape index (κ1) is 11.7. The maximum Gasteiger partial charge on any atom is 0.120 e. The van der Waals surface area contributed by atoms with Gasteiger partial charge in [-0.1, -0.05) is 11.8 Å². The van der Waals surface area contributed by atoms with Gasteiger partial charge in [0.05, 0.1) is 7.11 Å².